The van der Waals surface area contributed by atoms with Gasteiger partial charge in [-0.05, 0) is 46.4 Å². The number of nitrogens with one attached hydrogen (secondary N) is 1. The summed E-state index contributed by atoms with van der Waals surface area (Å²) in [5.74, 6) is -1.11. The summed E-state index contributed by atoms with van der Waals surface area (Å²) < 4.78 is 23.5. The molecular formula is C16H18FN5O5. The second-order valence-corrected chi connectivity index (χ2v) is 6.04. The molecule has 144 valence electrons. The highest BCUT2D eigenvalue weighted by molar-refractivity contribution is 5.98. The fourth-order valence-corrected chi connectivity index (χ4v) is 2.76. The fraction of sp³-hybridized carbons (Fsp3) is 0.375. The van der Waals surface area contributed by atoms with Crippen molar-refractivity contribution in [2.75, 3.05) is 6.61 Å². The Kier molecular flexibility index (Phi) is 5.50. The number of nitrogens with two attached hydrogens (primary N) is 1. The van der Waals surface area contributed by atoms with Gasteiger partial charge in [0.1, 0.15) is 11.9 Å². The minimum Gasteiger partial charge on any atom is -0.468 e. The summed E-state index contributed by atoms with van der Waals surface area (Å²) in [7, 11) is 0. The number of carbonyl (C=O) groups excluding carboxylic acids is 1. The molecule has 27 heavy (non-hydrogen) atoms. The van der Waals surface area contributed by atoms with Crippen LogP contribution in [0.3, 0.4) is 0 Å². The van der Waals surface area contributed by atoms with Gasteiger partial charge in [-0.1, -0.05) is 11.2 Å². The van der Waals surface area contributed by atoms with Crippen LogP contribution in [0.5, 0.6) is 5.88 Å². The van der Waals surface area contributed by atoms with E-state index in [-0.39, 0.29) is 42.1 Å². The molecule has 0 spiro atoms. The standard InChI is InChI=1S/C16H18FN5O5/c17-9-2-1-8-5-12(11(8)6-9)19-15(20-25)14-16(22-27-21-14)26-10(7-23)3-4-13(18)24/h1-2,6,10,12,23,25H,3-5,7H2,(H2,18,24)(H,19,20)/t10-,12-/m0/s1. The molecule has 0 unspecified atom stereocenters. The molecule has 1 aliphatic rings. The van der Waals surface area contributed by atoms with E-state index in [2.05, 4.69) is 25.4 Å². The van der Waals surface area contributed by atoms with Crippen molar-refractivity contribution in [1.29, 1.82) is 0 Å². The lowest BCUT2D eigenvalue weighted by Crippen LogP contribution is -2.37. The van der Waals surface area contributed by atoms with Gasteiger partial charge in [-0.3, -0.25) is 4.79 Å². The highest BCUT2D eigenvalue weighted by atomic mass is 19.1. The average molecular weight is 379 g/mol. The van der Waals surface area contributed by atoms with E-state index in [4.69, 9.17) is 10.5 Å². The molecule has 2 aromatic rings. The van der Waals surface area contributed by atoms with Gasteiger partial charge in [0.05, 0.1) is 12.6 Å². The Morgan fingerprint density at radius 2 is 2.33 bits per heavy atom. The van der Waals surface area contributed by atoms with Gasteiger partial charge in [-0.25, -0.2) is 9.02 Å². The summed E-state index contributed by atoms with van der Waals surface area (Å²) in [4.78, 5) is 10.9. The Morgan fingerprint density at radius 3 is 3.04 bits per heavy atom. The molecule has 0 saturated heterocycles. The average Bonchev–Trinajstić information content (AvgIpc) is 3.09. The van der Waals surface area contributed by atoms with E-state index in [9.17, 15) is 19.5 Å². The molecule has 5 N–H and O–H groups in total. The molecule has 1 aromatic carbocycles. The lowest BCUT2D eigenvalue weighted by molar-refractivity contribution is -0.118. The molecule has 1 aromatic heterocycles. The van der Waals surface area contributed by atoms with Crippen molar-refractivity contribution in [3.63, 3.8) is 0 Å². The maximum absolute atomic E-state index is 13.4. The first-order chi connectivity index (χ1) is 13.0. The fourth-order valence-electron chi connectivity index (χ4n) is 2.76. The van der Waals surface area contributed by atoms with Gasteiger partial charge in [0.2, 0.25) is 17.4 Å². The molecule has 0 bridgehead atoms. The van der Waals surface area contributed by atoms with Gasteiger partial charge >= 0.3 is 0 Å². The number of oxime groups is 1. The predicted octanol–water partition coefficient (Wildman–Crippen LogP) is 0.237. The van der Waals surface area contributed by atoms with Crippen molar-refractivity contribution in [3.05, 3.63) is 40.8 Å². The van der Waals surface area contributed by atoms with Crippen molar-refractivity contribution < 1.29 is 28.9 Å². The van der Waals surface area contributed by atoms with Gasteiger partial charge in [0.25, 0.3) is 5.88 Å². The van der Waals surface area contributed by atoms with Crippen molar-refractivity contribution >= 4 is 11.7 Å². The number of halogens is 1. The molecule has 0 fully saturated rings. The highest BCUT2D eigenvalue weighted by Gasteiger charge is 2.30. The molecule has 1 heterocycles. The quantitative estimate of drug-likeness (QED) is 0.220. The first kappa shape index (κ1) is 18.6. The second kappa shape index (κ2) is 7.99. The molecule has 1 amide bonds. The number of rotatable bonds is 8. The zero-order valence-corrected chi connectivity index (χ0v) is 14.1. The number of ether oxygens (including phenoxy) is 1. The number of hydrogen-bond acceptors (Lipinski definition) is 8. The predicted molar refractivity (Wildman–Crippen MR) is 88.5 cm³/mol. The van der Waals surface area contributed by atoms with E-state index in [1.54, 1.807) is 6.07 Å². The topological polar surface area (TPSA) is 156 Å². The van der Waals surface area contributed by atoms with Crippen LogP contribution in [0.4, 0.5) is 4.39 Å². The van der Waals surface area contributed by atoms with Crippen LogP contribution in [-0.2, 0) is 11.2 Å². The summed E-state index contributed by atoms with van der Waals surface area (Å²) in [6, 6.07) is 4.19. The van der Waals surface area contributed by atoms with Crippen molar-refractivity contribution in [2.24, 2.45) is 10.9 Å². The first-order valence-corrected chi connectivity index (χ1v) is 8.17. The van der Waals surface area contributed by atoms with Crippen LogP contribution < -0.4 is 15.8 Å². The zero-order valence-electron chi connectivity index (χ0n) is 14.1. The number of fused-ring (bicyclic) bond motifs is 1. The Morgan fingerprint density at radius 1 is 1.52 bits per heavy atom. The van der Waals surface area contributed by atoms with Crippen LogP contribution >= 0.6 is 0 Å². The van der Waals surface area contributed by atoms with E-state index in [1.165, 1.54) is 12.1 Å². The minimum atomic E-state index is -0.776. The van der Waals surface area contributed by atoms with Gasteiger partial charge in [-0.2, -0.15) is 0 Å². The van der Waals surface area contributed by atoms with Crippen LogP contribution in [0, 0.1) is 5.82 Å². The molecule has 0 aliphatic heterocycles. The summed E-state index contributed by atoms with van der Waals surface area (Å²) in [6.45, 7) is -0.395. The van der Waals surface area contributed by atoms with Gasteiger partial charge < -0.3 is 26.1 Å². The van der Waals surface area contributed by atoms with Crippen LogP contribution in [0.2, 0.25) is 0 Å². The molecule has 0 saturated carbocycles. The molecular weight excluding hydrogens is 361 g/mol. The molecule has 11 heteroatoms. The third-order valence-electron chi connectivity index (χ3n) is 4.20. The third kappa shape index (κ3) is 4.14. The van der Waals surface area contributed by atoms with Gasteiger partial charge in [0, 0.05) is 6.42 Å². The Hall–Kier alpha value is -3.21. The SMILES string of the molecule is NC(=O)CC[C@@H](CO)Oc1nonc1C(=NO)N[C@H]1Cc2ccc(F)cc21. The number of aromatic nitrogens is 2. The van der Waals surface area contributed by atoms with Gasteiger partial charge in [0.15, 0.2) is 0 Å². The van der Waals surface area contributed by atoms with Crippen molar-refractivity contribution in [3.8, 4) is 5.88 Å². The number of aliphatic hydroxyl groups is 1. The highest BCUT2D eigenvalue weighted by Crippen LogP contribution is 2.34. The van der Waals surface area contributed by atoms with E-state index in [0.717, 1.165) is 11.1 Å². The number of nitrogens with zero attached hydrogens (tertiary/aromatic N) is 3. The third-order valence-corrected chi connectivity index (χ3v) is 4.20. The molecule has 0 radical (unpaired) electrons. The molecule has 1 aliphatic carbocycles. The molecule has 10 nitrogen and oxygen atoms in total. The summed E-state index contributed by atoms with van der Waals surface area (Å²) in [5.41, 5.74) is 6.78. The Balaban J connectivity index is 1.70. The monoisotopic (exact) mass is 379 g/mol. The van der Waals surface area contributed by atoms with E-state index >= 15 is 0 Å². The number of amidine groups is 1. The number of amides is 1. The van der Waals surface area contributed by atoms with Crippen LogP contribution in [-0.4, -0.2) is 45.1 Å². The molecule has 3 rings (SSSR count). The van der Waals surface area contributed by atoms with Crippen LogP contribution in [0.1, 0.15) is 35.7 Å². The summed E-state index contributed by atoms with van der Waals surface area (Å²) in [6.07, 6.45) is -0.00259. The number of primary amides is 1. The Bertz CT molecular complexity index is 855. The lowest BCUT2D eigenvalue weighted by Gasteiger charge is -2.31. The normalized spacial score (nSPS) is 17.0. The number of carbonyl (C=O) groups is 1. The van der Waals surface area contributed by atoms with Crippen molar-refractivity contribution in [1.82, 2.24) is 15.6 Å². The maximum Gasteiger partial charge on any atom is 0.287 e. The number of benzene rings is 1. The van der Waals surface area contributed by atoms with Crippen LogP contribution in [0.25, 0.3) is 0 Å². The lowest BCUT2D eigenvalue weighted by atomic mass is 9.83. The zero-order chi connectivity index (χ0) is 19.4. The Labute approximate surface area is 152 Å². The van der Waals surface area contributed by atoms with Crippen molar-refractivity contribution in [2.45, 2.75) is 31.4 Å². The first-order valence-electron chi connectivity index (χ1n) is 8.17. The number of aliphatic hydroxyl groups excluding tert-OH is 1. The van der Waals surface area contributed by atoms with E-state index in [1.807, 2.05) is 0 Å². The summed E-state index contributed by atoms with van der Waals surface area (Å²) in [5, 5.41) is 32.0. The van der Waals surface area contributed by atoms with Crippen LogP contribution in [0.15, 0.2) is 28.0 Å². The van der Waals surface area contributed by atoms with E-state index < -0.39 is 18.6 Å². The van der Waals surface area contributed by atoms with Gasteiger partial charge in [-0.15, -0.1) is 0 Å². The smallest absolute Gasteiger partial charge is 0.287 e. The number of hydrogen-bond donors (Lipinski definition) is 4. The van der Waals surface area contributed by atoms with E-state index in [0.29, 0.717) is 6.42 Å². The maximum atomic E-state index is 13.4. The molecule has 2 atom stereocenters. The summed E-state index contributed by atoms with van der Waals surface area (Å²) >= 11 is 0. The minimum absolute atomic E-state index is 0.00938. The largest absolute Gasteiger partial charge is 0.468 e. The second-order valence-electron chi connectivity index (χ2n) is 6.04.